The Hall–Kier alpha value is -3.28. The predicted octanol–water partition coefficient (Wildman–Crippen LogP) is 4.40. The molecule has 1 saturated carbocycles. The maximum Gasteiger partial charge on any atom is 0.416 e. The molecule has 0 bridgehead atoms. The molecule has 1 aliphatic heterocycles. The second-order valence-electron chi connectivity index (χ2n) is 8.63. The van der Waals surface area contributed by atoms with Gasteiger partial charge in [-0.25, -0.2) is 17.6 Å². The van der Waals surface area contributed by atoms with E-state index in [-0.39, 0.29) is 28.2 Å². The molecule has 2 aromatic rings. The van der Waals surface area contributed by atoms with Gasteiger partial charge >= 0.3 is 12.2 Å². The molecule has 186 valence electrons. The number of urea groups is 1. The van der Waals surface area contributed by atoms with E-state index in [1.807, 2.05) is 0 Å². The average Bonchev–Trinajstić information content (AvgIpc) is 3.04. The van der Waals surface area contributed by atoms with Crippen LogP contribution in [0.5, 0.6) is 0 Å². The molecule has 12 heteroatoms. The molecule has 0 aromatic heterocycles. The van der Waals surface area contributed by atoms with E-state index in [0.29, 0.717) is 17.7 Å². The molecule has 0 spiro atoms. The molecule has 2 aliphatic rings. The first kappa shape index (κ1) is 24.8. The number of amides is 4. The van der Waals surface area contributed by atoms with E-state index in [2.05, 4.69) is 5.32 Å². The summed E-state index contributed by atoms with van der Waals surface area (Å²) in [4.78, 5) is 37.7. The lowest BCUT2D eigenvalue weighted by Gasteiger charge is -2.34. The summed E-state index contributed by atoms with van der Waals surface area (Å²) in [7, 11) is -4.31. The topological polar surface area (TPSA) is 101 Å². The average molecular weight is 512 g/mol. The van der Waals surface area contributed by atoms with E-state index in [1.54, 1.807) is 13.0 Å². The minimum Gasteiger partial charge on any atom is -0.334 e. The maximum absolute atomic E-state index is 15.5. The molecular weight excluding hydrogens is 492 g/mol. The first-order valence-electron chi connectivity index (χ1n) is 10.7. The summed E-state index contributed by atoms with van der Waals surface area (Å²) in [6.07, 6.45) is -5.77. The van der Waals surface area contributed by atoms with Gasteiger partial charge in [0.2, 0.25) is 14.8 Å². The third-order valence-electron chi connectivity index (χ3n) is 6.26. The zero-order valence-corrected chi connectivity index (χ0v) is 19.2. The van der Waals surface area contributed by atoms with Gasteiger partial charge in [-0.2, -0.15) is 18.1 Å². The molecule has 4 amide bonds. The van der Waals surface area contributed by atoms with E-state index < -0.39 is 68.9 Å². The molecule has 1 N–H and O–H groups in total. The highest BCUT2D eigenvalue weighted by Crippen LogP contribution is 2.40. The first-order valence-corrected chi connectivity index (χ1v) is 12.1. The molecule has 0 unspecified atom stereocenters. The molecular formula is C23H20F4N2O5S. The lowest BCUT2D eigenvalue weighted by Crippen LogP contribution is -2.50. The molecule has 0 saturated heterocycles. The number of aryl methyl sites for hydroxylation is 1. The van der Waals surface area contributed by atoms with Crippen LogP contribution in [0.4, 0.5) is 22.4 Å². The number of benzene rings is 2. The van der Waals surface area contributed by atoms with Crippen LogP contribution in [0.15, 0.2) is 47.4 Å². The van der Waals surface area contributed by atoms with Crippen molar-refractivity contribution in [2.24, 2.45) is 0 Å². The summed E-state index contributed by atoms with van der Waals surface area (Å²) in [6.45, 7) is 1.68. The lowest BCUT2D eigenvalue weighted by molar-refractivity contribution is -0.137. The van der Waals surface area contributed by atoms with Crippen LogP contribution in [0.3, 0.4) is 0 Å². The zero-order chi connectivity index (χ0) is 25.8. The van der Waals surface area contributed by atoms with Crippen LogP contribution >= 0.6 is 0 Å². The van der Waals surface area contributed by atoms with Crippen molar-refractivity contribution in [1.29, 1.82) is 0 Å². The summed E-state index contributed by atoms with van der Waals surface area (Å²) < 4.78 is 80.1. The highest BCUT2D eigenvalue weighted by atomic mass is 32.2. The Bertz CT molecular complexity index is 1330. The van der Waals surface area contributed by atoms with Crippen molar-refractivity contribution in [1.82, 2.24) is 10.2 Å². The second kappa shape index (κ2) is 8.43. The number of nitrogens with one attached hydrogen (secondary N) is 1. The van der Waals surface area contributed by atoms with Gasteiger partial charge in [0.05, 0.1) is 21.6 Å². The Morgan fingerprint density at radius 1 is 1.03 bits per heavy atom. The number of hydrogen-bond donors (Lipinski definition) is 1. The number of sulfone groups is 1. The van der Waals surface area contributed by atoms with E-state index in [1.165, 1.54) is 18.2 Å². The van der Waals surface area contributed by atoms with Crippen LogP contribution in [0.2, 0.25) is 0 Å². The summed E-state index contributed by atoms with van der Waals surface area (Å²) >= 11 is 0. The Morgan fingerprint density at radius 2 is 1.66 bits per heavy atom. The van der Waals surface area contributed by atoms with E-state index >= 15 is 4.39 Å². The number of hydrogen-bond acceptors (Lipinski definition) is 5. The maximum atomic E-state index is 15.5. The SMILES string of the molecule is Cc1cccc(S(=O)(=O)[C@]2(F)CC[C@H](NC(=O)N3C(=O)c4ccc(C(F)(F)F)cc4C3=O)CC2)c1. The predicted molar refractivity (Wildman–Crippen MR) is 115 cm³/mol. The molecule has 7 nitrogen and oxygen atoms in total. The fourth-order valence-electron chi connectivity index (χ4n) is 4.30. The van der Waals surface area contributed by atoms with Gasteiger partial charge in [0.1, 0.15) is 0 Å². The Labute approximate surface area is 198 Å². The van der Waals surface area contributed by atoms with Crippen molar-refractivity contribution in [3.63, 3.8) is 0 Å². The van der Waals surface area contributed by atoms with Crippen LogP contribution in [-0.4, -0.2) is 42.2 Å². The molecule has 1 heterocycles. The molecule has 35 heavy (non-hydrogen) atoms. The van der Waals surface area contributed by atoms with Crippen LogP contribution < -0.4 is 5.32 Å². The second-order valence-corrected chi connectivity index (χ2v) is 10.8. The molecule has 4 rings (SSSR count). The van der Waals surface area contributed by atoms with Crippen LogP contribution in [0, 0.1) is 6.92 Å². The molecule has 0 radical (unpaired) electrons. The number of alkyl halides is 4. The standard InChI is InChI=1S/C23H20F4N2O5S/c1-13-3-2-4-16(11-13)35(33,34)22(24)9-7-15(8-10-22)28-21(32)29-19(30)17-6-5-14(23(25,26)27)12-18(17)20(29)31/h2-6,11-12,15H,7-10H2,1H3,(H,28,32)/t15-,22+. The van der Waals surface area contributed by atoms with E-state index in [4.69, 9.17) is 0 Å². The number of nitrogens with zero attached hydrogens (tertiary/aromatic N) is 1. The number of carbonyl (C=O) groups excluding carboxylic acids is 3. The van der Waals surface area contributed by atoms with Crippen molar-refractivity contribution in [2.45, 2.75) is 54.7 Å². The summed E-state index contributed by atoms with van der Waals surface area (Å²) in [5.74, 6) is -2.28. The lowest BCUT2D eigenvalue weighted by atomic mass is 9.93. The monoisotopic (exact) mass is 512 g/mol. The van der Waals surface area contributed by atoms with Gasteiger partial charge in [-0.15, -0.1) is 0 Å². The van der Waals surface area contributed by atoms with Gasteiger partial charge in [-0.3, -0.25) is 9.59 Å². The number of imide groups is 3. The van der Waals surface area contributed by atoms with Gasteiger partial charge in [0, 0.05) is 6.04 Å². The smallest absolute Gasteiger partial charge is 0.334 e. The molecule has 0 atom stereocenters. The van der Waals surface area contributed by atoms with Crippen molar-refractivity contribution in [2.75, 3.05) is 0 Å². The minimum absolute atomic E-state index is 0.0886. The van der Waals surface area contributed by atoms with Crippen LogP contribution in [-0.2, 0) is 16.0 Å². The Balaban J connectivity index is 1.45. The number of carbonyl (C=O) groups is 3. The zero-order valence-electron chi connectivity index (χ0n) is 18.4. The number of rotatable bonds is 3. The fourth-order valence-corrected chi connectivity index (χ4v) is 6.09. The van der Waals surface area contributed by atoms with Crippen LogP contribution in [0.1, 0.15) is 57.5 Å². The van der Waals surface area contributed by atoms with Crippen molar-refractivity contribution < 1.29 is 40.4 Å². The van der Waals surface area contributed by atoms with Gasteiger partial charge in [0.15, 0.2) is 0 Å². The summed E-state index contributed by atoms with van der Waals surface area (Å²) in [5.41, 5.74) is -1.37. The summed E-state index contributed by atoms with van der Waals surface area (Å²) in [6, 6.07) is 5.95. The highest BCUT2D eigenvalue weighted by Gasteiger charge is 2.49. The third-order valence-corrected chi connectivity index (χ3v) is 8.50. The van der Waals surface area contributed by atoms with E-state index in [0.717, 1.165) is 6.07 Å². The van der Waals surface area contributed by atoms with Gasteiger partial charge in [-0.05, 0) is 68.5 Å². The number of halogens is 4. The Morgan fingerprint density at radius 3 is 2.26 bits per heavy atom. The normalized spacial score (nSPS) is 22.8. The molecule has 1 fully saturated rings. The third kappa shape index (κ3) is 4.30. The van der Waals surface area contributed by atoms with Crippen molar-refractivity contribution >= 4 is 27.7 Å². The van der Waals surface area contributed by atoms with Gasteiger partial charge in [-0.1, -0.05) is 12.1 Å². The minimum atomic E-state index is -4.74. The number of fused-ring (bicyclic) bond motifs is 1. The molecule has 1 aliphatic carbocycles. The summed E-state index contributed by atoms with van der Waals surface area (Å²) in [5, 5.41) is -0.149. The van der Waals surface area contributed by atoms with Gasteiger partial charge < -0.3 is 5.32 Å². The largest absolute Gasteiger partial charge is 0.416 e. The Kier molecular flexibility index (Phi) is 5.98. The molecule has 2 aromatic carbocycles. The quantitative estimate of drug-likeness (QED) is 0.485. The first-order chi connectivity index (χ1) is 16.2. The van der Waals surface area contributed by atoms with Crippen molar-refractivity contribution in [3.8, 4) is 0 Å². The van der Waals surface area contributed by atoms with Crippen LogP contribution in [0.25, 0.3) is 0 Å². The van der Waals surface area contributed by atoms with Crippen molar-refractivity contribution in [3.05, 3.63) is 64.7 Å². The van der Waals surface area contributed by atoms with E-state index in [9.17, 15) is 36.0 Å². The fraction of sp³-hybridized carbons (Fsp3) is 0.348. The highest BCUT2D eigenvalue weighted by molar-refractivity contribution is 7.92. The van der Waals surface area contributed by atoms with Gasteiger partial charge in [0.25, 0.3) is 11.8 Å².